The van der Waals surface area contributed by atoms with Gasteiger partial charge in [-0.1, -0.05) is 0 Å². The molecule has 1 aromatic heterocycles. The number of nitrogens with two attached hydrogens (primary N) is 1. The van der Waals surface area contributed by atoms with Gasteiger partial charge in [0.05, 0.1) is 0 Å². The summed E-state index contributed by atoms with van der Waals surface area (Å²) in [6.07, 6.45) is 3.55. The second-order valence-corrected chi connectivity index (χ2v) is 4.77. The third-order valence-corrected chi connectivity index (χ3v) is 3.50. The summed E-state index contributed by atoms with van der Waals surface area (Å²) < 4.78 is 5.05. The van der Waals surface area contributed by atoms with Crippen LogP contribution in [0.3, 0.4) is 0 Å². The molecule has 2 aliphatic rings. The number of aromatic nitrogens is 2. The summed E-state index contributed by atoms with van der Waals surface area (Å²) in [7, 11) is 0. The molecule has 0 amide bonds. The number of anilines is 1. The predicted molar refractivity (Wildman–Crippen MR) is 55.1 cm³/mol. The highest BCUT2D eigenvalue weighted by atomic mass is 16.5. The van der Waals surface area contributed by atoms with Gasteiger partial charge in [0.15, 0.2) is 0 Å². The Hall–Kier alpha value is -1.10. The first kappa shape index (κ1) is 9.15. The van der Waals surface area contributed by atoms with Crippen LogP contribution in [0, 0.1) is 11.8 Å². The molecular formula is C10H16N4O. The first-order valence-corrected chi connectivity index (χ1v) is 5.60. The quantitative estimate of drug-likeness (QED) is 0.768. The number of hydrogen-bond acceptors (Lipinski definition) is 5. The van der Waals surface area contributed by atoms with Gasteiger partial charge in [-0.3, -0.25) is 0 Å². The van der Waals surface area contributed by atoms with E-state index in [9.17, 15) is 0 Å². The van der Waals surface area contributed by atoms with Crippen LogP contribution in [0.15, 0.2) is 4.52 Å². The van der Waals surface area contributed by atoms with Gasteiger partial charge in [0.1, 0.15) is 0 Å². The van der Waals surface area contributed by atoms with Crippen molar-refractivity contribution in [2.75, 3.05) is 25.4 Å². The Bertz CT molecular complexity index is 339. The fraction of sp³-hybridized carbons (Fsp3) is 0.800. The van der Waals surface area contributed by atoms with E-state index in [0.717, 1.165) is 12.3 Å². The summed E-state index contributed by atoms with van der Waals surface area (Å²) >= 11 is 0. The highest BCUT2D eigenvalue weighted by molar-refractivity contribution is 5.10. The standard InChI is InChI=1S/C10H16N4O/c11-10-12-9(15-13-10)4-8-3-7-1-2-14(5-7)6-8/h7-8H,1-6H2,(H2,11,13). The summed E-state index contributed by atoms with van der Waals surface area (Å²) in [4.78, 5) is 6.60. The van der Waals surface area contributed by atoms with Gasteiger partial charge in [-0.05, 0) is 36.4 Å². The van der Waals surface area contributed by atoms with E-state index in [2.05, 4.69) is 15.0 Å². The fourth-order valence-corrected chi connectivity index (χ4v) is 2.93. The van der Waals surface area contributed by atoms with E-state index in [1.807, 2.05) is 0 Å². The number of fused-ring (bicyclic) bond motifs is 2. The molecule has 5 nitrogen and oxygen atoms in total. The van der Waals surface area contributed by atoms with Gasteiger partial charge < -0.3 is 15.2 Å². The summed E-state index contributed by atoms with van der Waals surface area (Å²) in [6.45, 7) is 3.74. The van der Waals surface area contributed by atoms with E-state index in [0.29, 0.717) is 11.8 Å². The second kappa shape index (κ2) is 3.48. The normalized spacial score (nSPS) is 34.5. The Morgan fingerprint density at radius 2 is 2.40 bits per heavy atom. The maximum Gasteiger partial charge on any atom is 0.260 e. The minimum absolute atomic E-state index is 0.254. The lowest BCUT2D eigenvalue weighted by atomic mass is 9.89. The molecule has 2 aliphatic heterocycles. The number of piperidine rings is 1. The van der Waals surface area contributed by atoms with E-state index in [4.69, 9.17) is 10.3 Å². The van der Waals surface area contributed by atoms with E-state index in [-0.39, 0.29) is 5.95 Å². The lowest BCUT2D eigenvalue weighted by molar-refractivity contribution is 0.191. The Morgan fingerprint density at radius 1 is 1.47 bits per heavy atom. The largest absolute Gasteiger partial charge is 0.365 e. The van der Waals surface area contributed by atoms with Crippen molar-refractivity contribution in [2.45, 2.75) is 19.3 Å². The van der Waals surface area contributed by atoms with Crippen LogP contribution in [0.5, 0.6) is 0 Å². The Kier molecular flexibility index (Phi) is 2.12. The third kappa shape index (κ3) is 1.84. The van der Waals surface area contributed by atoms with Gasteiger partial charge in [0, 0.05) is 19.5 Å². The van der Waals surface area contributed by atoms with Gasteiger partial charge in [0.2, 0.25) is 5.89 Å². The molecule has 2 fully saturated rings. The molecule has 2 N–H and O–H groups in total. The molecule has 0 saturated carbocycles. The monoisotopic (exact) mass is 208 g/mol. The zero-order valence-electron chi connectivity index (χ0n) is 8.72. The summed E-state index contributed by atoms with van der Waals surface area (Å²) in [6, 6.07) is 0. The lowest BCUT2D eigenvalue weighted by Gasteiger charge is -2.28. The molecule has 5 heteroatoms. The highest BCUT2D eigenvalue weighted by Gasteiger charge is 2.32. The highest BCUT2D eigenvalue weighted by Crippen LogP contribution is 2.31. The molecule has 3 rings (SSSR count). The van der Waals surface area contributed by atoms with Crippen molar-refractivity contribution >= 4 is 5.95 Å². The Labute approximate surface area is 88.6 Å². The van der Waals surface area contributed by atoms with Gasteiger partial charge in [-0.15, -0.1) is 0 Å². The van der Waals surface area contributed by atoms with Crippen molar-refractivity contribution in [3.8, 4) is 0 Å². The van der Waals surface area contributed by atoms with Crippen LogP contribution < -0.4 is 5.73 Å². The molecule has 0 radical (unpaired) electrons. The topological polar surface area (TPSA) is 68.2 Å². The number of nitrogen functional groups attached to an aromatic ring is 1. The molecule has 82 valence electrons. The van der Waals surface area contributed by atoms with Crippen molar-refractivity contribution < 1.29 is 4.52 Å². The van der Waals surface area contributed by atoms with E-state index >= 15 is 0 Å². The number of nitrogens with zero attached hydrogens (tertiary/aromatic N) is 3. The van der Waals surface area contributed by atoms with Crippen LogP contribution in [0.2, 0.25) is 0 Å². The molecule has 1 aromatic rings. The summed E-state index contributed by atoms with van der Waals surface area (Å²) in [5.41, 5.74) is 5.42. The minimum Gasteiger partial charge on any atom is -0.365 e. The van der Waals surface area contributed by atoms with Crippen LogP contribution in [-0.4, -0.2) is 34.7 Å². The van der Waals surface area contributed by atoms with Crippen molar-refractivity contribution in [1.29, 1.82) is 0 Å². The van der Waals surface area contributed by atoms with E-state index in [1.165, 1.54) is 32.5 Å². The van der Waals surface area contributed by atoms with Gasteiger partial charge in [-0.2, -0.15) is 4.98 Å². The van der Waals surface area contributed by atoms with Gasteiger partial charge in [-0.25, -0.2) is 0 Å². The van der Waals surface area contributed by atoms with Crippen LogP contribution in [0.4, 0.5) is 5.95 Å². The van der Waals surface area contributed by atoms with Crippen molar-refractivity contribution in [2.24, 2.45) is 11.8 Å². The molecule has 2 bridgehead atoms. The first-order chi connectivity index (χ1) is 7.29. The SMILES string of the molecule is Nc1noc(CC2CC3CCN(C3)C2)n1. The zero-order chi connectivity index (χ0) is 10.3. The predicted octanol–water partition coefficient (Wildman–Crippen LogP) is 0.536. The van der Waals surface area contributed by atoms with Gasteiger partial charge >= 0.3 is 0 Å². The fourth-order valence-electron chi connectivity index (χ4n) is 2.93. The molecule has 3 unspecified atom stereocenters. The van der Waals surface area contributed by atoms with E-state index < -0.39 is 0 Å². The van der Waals surface area contributed by atoms with Gasteiger partial charge in [0.25, 0.3) is 5.95 Å². The Balaban J connectivity index is 1.64. The molecule has 15 heavy (non-hydrogen) atoms. The van der Waals surface area contributed by atoms with Crippen LogP contribution >= 0.6 is 0 Å². The smallest absolute Gasteiger partial charge is 0.260 e. The van der Waals surface area contributed by atoms with E-state index in [1.54, 1.807) is 0 Å². The lowest BCUT2D eigenvalue weighted by Crippen LogP contribution is -2.34. The van der Waals surface area contributed by atoms with Crippen molar-refractivity contribution in [3.05, 3.63) is 5.89 Å². The minimum atomic E-state index is 0.254. The summed E-state index contributed by atoms with van der Waals surface area (Å²) in [5.74, 6) is 2.51. The van der Waals surface area contributed by atoms with Crippen molar-refractivity contribution in [1.82, 2.24) is 15.0 Å². The van der Waals surface area contributed by atoms with Crippen molar-refractivity contribution in [3.63, 3.8) is 0 Å². The second-order valence-electron chi connectivity index (χ2n) is 4.77. The van der Waals surface area contributed by atoms with Crippen LogP contribution in [0.1, 0.15) is 18.7 Å². The average Bonchev–Trinajstić information content (AvgIpc) is 2.74. The number of rotatable bonds is 2. The van der Waals surface area contributed by atoms with Crippen LogP contribution in [-0.2, 0) is 6.42 Å². The summed E-state index contributed by atoms with van der Waals surface area (Å²) in [5, 5.41) is 3.61. The number of hydrogen-bond donors (Lipinski definition) is 1. The molecule has 0 aromatic carbocycles. The Morgan fingerprint density at radius 3 is 3.13 bits per heavy atom. The molecule has 2 saturated heterocycles. The third-order valence-electron chi connectivity index (χ3n) is 3.50. The molecule has 3 atom stereocenters. The zero-order valence-corrected chi connectivity index (χ0v) is 8.72. The molecule has 0 spiro atoms. The average molecular weight is 208 g/mol. The maximum absolute atomic E-state index is 5.42. The molecule has 3 heterocycles. The maximum atomic E-state index is 5.42. The molecule has 0 aliphatic carbocycles. The molecular weight excluding hydrogens is 192 g/mol. The van der Waals surface area contributed by atoms with Crippen LogP contribution in [0.25, 0.3) is 0 Å². The first-order valence-electron chi connectivity index (χ1n) is 5.60.